The molecule has 0 radical (unpaired) electrons. The van der Waals surface area contributed by atoms with Gasteiger partial charge in [0.15, 0.2) is 0 Å². The van der Waals surface area contributed by atoms with Gasteiger partial charge in [-0.1, -0.05) is 37.3 Å². The lowest BCUT2D eigenvalue weighted by molar-refractivity contribution is -0.122. The molecule has 122 valence electrons. The summed E-state index contributed by atoms with van der Waals surface area (Å²) < 4.78 is 10.9. The maximum atomic E-state index is 12.2. The van der Waals surface area contributed by atoms with Crippen LogP contribution in [0.1, 0.15) is 37.7 Å². The molecule has 2 atom stereocenters. The van der Waals surface area contributed by atoms with Gasteiger partial charge in [-0.3, -0.25) is 4.79 Å². The van der Waals surface area contributed by atoms with Crippen LogP contribution < -0.4 is 5.32 Å². The predicted molar refractivity (Wildman–Crippen MR) is 86.8 cm³/mol. The second-order valence-electron chi connectivity index (χ2n) is 5.82. The molecule has 2 unspecified atom stereocenters. The first-order chi connectivity index (χ1) is 10.8. The Balaban J connectivity index is 1.60. The second-order valence-corrected chi connectivity index (χ2v) is 5.82. The van der Waals surface area contributed by atoms with E-state index in [1.54, 1.807) is 0 Å². The van der Waals surface area contributed by atoms with Crippen molar-refractivity contribution in [3.05, 3.63) is 35.9 Å². The quantitative estimate of drug-likeness (QED) is 0.714. The number of ether oxygens (including phenoxy) is 2. The average Bonchev–Trinajstić information content (AvgIpc) is 3.06. The van der Waals surface area contributed by atoms with Gasteiger partial charge in [0.2, 0.25) is 5.91 Å². The number of nitrogens with one attached hydrogen (secondary N) is 1. The number of hydrogen-bond acceptors (Lipinski definition) is 3. The summed E-state index contributed by atoms with van der Waals surface area (Å²) in [4.78, 5) is 12.2. The molecular weight excluding hydrogens is 278 g/mol. The molecule has 1 N–H and O–H groups in total. The fourth-order valence-corrected chi connectivity index (χ4v) is 2.73. The highest BCUT2D eigenvalue weighted by Gasteiger charge is 2.18. The Bertz CT molecular complexity index is 429. The number of carbonyl (C=O) groups is 1. The molecule has 2 rings (SSSR count). The minimum Gasteiger partial charge on any atom is -0.381 e. The number of hydrogen-bond donors (Lipinski definition) is 1. The second kappa shape index (κ2) is 9.59. The third-order valence-corrected chi connectivity index (χ3v) is 4.07. The van der Waals surface area contributed by atoms with Gasteiger partial charge in [0.05, 0.1) is 19.1 Å². The van der Waals surface area contributed by atoms with Crippen molar-refractivity contribution in [2.45, 2.75) is 32.1 Å². The van der Waals surface area contributed by atoms with Gasteiger partial charge >= 0.3 is 0 Å². The zero-order valence-corrected chi connectivity index (χ0v) is 13.4. The summed E-state index contributed by atoms with van der Waals surface area (Å²) in [6, 6.07) is 9.96. The van der Waals surface area contributed by atoms with Crippen LogP contribution in [0, 0.1) is 5.92 Å². The third-order valence-electron chi connectivity index (χ3n) is 4.07. The summed E-state index contributed by atoms with van der Waals surface area (Å²) in [5.41, 5.74) is 1.08. The summed E-state index contributed by atoms with van der Waals surface area (Å²) in [6.45, 7) is 5.87. The fourth-order valence-electron chi connectivity index (χ4n) is 2.73. The van der Waals surface area contributed by atoms with Crippen LogP contribution in [0.2, 0.25) is 0 Å². The van der Waals surface area contributed by atoms with Gasteiger partial charge in [0.25, 0.3) is 0 Å². The van der Waals surface area contributed by atoms with Crippen molar-refractivity contribution in [3.8, 4) is 0 Å². The standard InChI is InChI=1S/C18H27NO3/c1-2-17(16-7-4-3-5-8-16)18(20)19-10-6-11-21-13-15-9-12-22-14-15/h3-5,7-8,15,17H,2,6,9-14H2,1H3,(H,19,20). The van der Waals surface area contributed by atoms with Crippen molar-refractivity contribution < 1.29 is 14.3 Å². The highest BCUT2D eigenvalue weighted by Crippen LogP contribution is 2.19. The minimum atomic E-state index is -0.0576. The first-order valence-electron chi connectivity index (χ1n) is 8.29. The van der Waals surface area contributed by atoms with Gasteiger partial charge in [0.1, 0.15) is 0 Å². The van der Waals surface area contributed by atoms with Gasteiger partial charge in [-0.05, 0) is 24.8 Å². The topological polar surface area (TPSA) is 47.6 Å². The van der Waals surface area contributed by atoms with E-state index in [1.165, 1.54) is 0 Å². The molecule has 4 heteroatoms. The molecule has 1 aliphatic heterocycles. The molecular formula is C18H27NO3. The van der Waals surface area contributed by atoms with E-state index >= 15 is 0 Å². The fraction of sp³-hybridized carbons (Fsp3) is 0.611. The highest BCUT2D eigenvalue weighted by molar-refractivity contribution is 5.83. The van der Waals surface area contributed by atoms with E-state index in [1.807, 2.05) is 37.3 Å². The van der Waals surface area contributed by atoms with E-state index in [9.17, 15) is 4.79 Å². The van der Waals surface area contributed by atoms with E-state index in [0.717, 1.165) is 44.6 Å². The summed E-state index contributed by atoms with van der Waals surface area (Å²) in [7, 11) is 0. The number of rotatable bonds is 9. The Kier molecular flexibility index (Phi) is 7.40. The number of carbonyl (C=O) groups excluding carboxylic acids is 1. The molecule has 0 bridgehead atoms. The lowest BCUT2D eigenvalue weighted by atomic mass is 9.96. The van der Waals surface area contributed by atoms with Gasteiger partial charge in [0, 0.05) is 25.7 Å². The van der Waals surface area contributed by atoms with Crippen molar-refractivity contribution in [2.75, 3.05) is 33.0 Å². The van der Waals surface area contributed by atoms with Crippen molar-refractivity contribution >= 4 is 5.91 Å². The Labute approximate surface area is 133 Å². The van der Waals surface area contributed by atoms with Crippen LogP contribution in [0.4, 0.5) is 0 Å². The van der Waals surface area contributed by atoms with Crippen LogP contribution in [-0.4, -0.2) is 38.9 Å². The van der Waals surface area contributed by atoms with Crippen molar-refractivity contribution in [2.24, 2.45) is 5.92 Å². The molecule has 1 aromatic rings. The lowest BCUT2D eigenvalue weighted by Crippen LogP contribution is -2.30. The van der Waals surface area contributed by atoms with E-state index in [-0.39, 0.29) is 11.8 Å². The summed E-state index contributed by atoms with van der Waals surface area (Å²) in [5.74, 6) is 0.604. The zero-order chi connectivity index (χ0) is 15.6. The highest BCUT2D eigenvalue weighted by atomic mass is 16.5. The SMILES string of the molecule is CCC(C(=O)NCCCOCC1CCOC1)c1ccccc1. The maximum Gasteiger partial charge on any atom is 0.227 e. The predicted octanol–water partition coefficient (Wildman–Crippen LogP) is 2.74. The van der Waals surface area contributed by atoms with Gasteiger partial charge in [-0.2, -0.15) is 0 Å². The van der Waals surface area contributed by atoms with E-state index in [2.05, 4.69) is 5.32 Å². The van der Waals surface area contributed by atoms with Crippen LogP contribution in [0.3, 0.4) is 0 Å². The van der Waals surface area contributed by atoms with E-state index in [4.69, 9.17) is 9.47 Å². The molecule has 1 amide bonds. The van der Waals surface area contributed by atoms with E-state index in [0.29, 0.717) is 19.1 Å². The van der Waals surface area contributed by atoms with Gasteiger partial charge < -0.3 is 14.8 Å². The first-order valence-corrected chi connectivity index (χ1v) is 8.29. The summed E-state index contributed by atoms with van der Waals surface area (Å²) in [6.07, 6.45) is 2.77. The first kappa shape index (κ1) is 17.0. The lowest BCUT2D eigenvalue weighted by Gasteiger charge is -2.15. The molecule has 1 saturated heterocycles. The number of amides is 1. The molecule has 1 fully saturated rings. The maximum absolute atomic E-state index is 12.2. The van der Waals surface area contributed by atoms with Crippen molar-refractivity contribution in [3.63, 3.8) is 0 Å². The van der Waals surface area contributed by atoms with Crippen LogP contribution in [-0.2, 0) is 14.3 Å². The third kappa shape index (κ3) is 5.43. The average molecular weight is 305 g/mol. The Morgan fingerprint density at radius 3 is 2.91 bits per heavy atom. The Hall–Kier alpha value is -1.39. The van der Waals surface area contributed by atoms with Crippen LogP contribution in [0.25, 0.3) is 0 Å². The van der Waals surface area contributed by atoms with Gasteiger partial charge in [-0.25, -0.2) is 0 Å². The summed E-state index contributed by atoms with van der Waals surface area (Å²) in [5, 5.41) is 3.02. The molecule has 1 aliphatic rings. The van der Waals surface area contributed by atoms with Crippen LogP contribution >= 0.6 is 0 Å². The minimum absolute atomic E-state index is 0.0576. The largest absolute Gasteiger partial charge is 0.381 e. The van der Waals surface area contributed by atoms with Crippen LogP contribution in [0.15, 0.2) is 30.3 Å². The summed E-state index contributed by atoms with van der Waals surface area (Å²) >= 11 is 0. The van der Waals surface area contributed by atoms with Crippen molar-refractivity contribution in [1.29, 1.82) is 0 Å². The van der Waals surface area contributed by atoms with E-state index < -0.39 is 0 Å². The smallest absolute Gasteiger partial charge is 0.227 e. The Morgan fingerprint density at radius 2 is 2.23 bits per heavy atom. The molecule has 22 heavy (non-hydrogen) atoms. The molecule has 0 aliphatic carbocycles. The normalized spacial score (nSPS) is 19.0. The molecule has 0 saturated carbocycles. The molecule has 1 heterocycles. The Morgan fingerprint density at radius 1 is 1.41 bits per heavy atom. The number of benzene rings is 1. The van der Waals surface area contributed by atoms with Crippen LogP contribution in [0.5, 0.6) is 0 Å². The van der Waals surface area contributed by atoms with Gasteiger partial charge in [-0.15, -0.1) is 0 Å². The molecule has 0 aromatic heterocycles. The zero-order valence-electron chi connectivity index (χ0n) is 13.4. The van der Waals surface area contributed by atoms with Crippen molar-refractivity contribution in [1.82, 2.24) is 5.32 Å². The molecule has 1 aromatic carbocycles. The monoisotopic (exact) mass is 305 g/mol. The molecule has 0 spiro atoms. The molecule has 4 nitrogen and oxygen atoms in total.